The summed E-state index contributed by atoms with van der Waals surface area (Å²) in [7, 11) is 0. The molecule has 16 heavy (non-hydrogen) atoms. The second-order valence-corrected chi connectivity index (χ2v) is 3.85. The Morgan fingerprint density at radius 1 is 1.50 bits per heavy atom. The molecule has 1 aliphatic heterocycles. The number of nitrogens with two attached hydrogens (primary N) is 1. The average Bonchev–Trinajstić information content (AvgIpc) is 2.28. The molecule has 3 N–H and O–H groups in total. The second-order valence-electron chi connectivity index (χ2n) is 3.85. The van der Waals surface area contributed by atoms with Crippen LogP contribution >= 0.6 is 0 Å². The highest BCUT2D eigenvalue weighted by Gasteiger charge is 2.25. The van der Waals surface area contributed by atoms with Gasteiger partial charge in [-0.1, -0.05) is 0 Å². The third kappa shape index (κ3) is 1.89. The van der Waals surface area contributed by atoms with Crippen LogP contribution in [-0.2, 0) is 11.3 Å². The van der Waals surface area contributed by atoms with Crippen molar-refractivity contribution in [1.82, 2.24) is 0 Å². The van der Waals surface area contributed by atoms with Crippen LogP contribution in [0.5, 0.6) is 5.75 Å². The SMILES string of the molecule is CC(N)C(O)c1c(F)ccc2c1COCO2. The van der Waals surface area contributed by atoms with Gasteiger partial charge in [-0.3, -0.25) is 0 Å². The van der Waals surface area contributed by atoms with Crippen LogP contribution in [0, 0.1) is 5.82 Å². The molecule has 0 aliphatic carbocycles. The maximum Gasteiger partial charge on any atom is 0.189 e. The van der Waals surface area contributed by atoms with E-state index >= 15 is 0 Å². The lowest BCUT2D eigenvalue weighted by Crippen LogP contribution is -2.27. The molecule has 0 spiro atoms. The molecule has 0 bridgehead atoms. The van der Waals surface area contributed by atoms with Crippen molar-refractivity contribution in [2.75, 3.05) is 6.79 Å². The molecular formula is C11H14FNO3. The molecule has 0 saturated carbocycles. The fraction of sp³-hybridized carbons (Fsp3) is 0.455. The Morgan fingerprint density at radius 3 is 2.94 bits per heavy atom. The molecule has 1 aromatic carbocycles. The van der Waals surface area contributed by atoms with Crippen LogP contribution in [0.3, 0.4) is 0 Å². The zero-order chi connectivity index (χ0) is 11.7. The summed E-state index contributed by atoms with van der Waals surface area (Å²) in [4.78, 5) is 0. The Bertz CT molecular complexity index is 395. The van der Waals surface area contributed by atoms with Gasteiger partial charge in [-0.2, -0.15) is 0 Å². The molecule has 1 aliphatic rings. The Labute approximate surface area is 92.8 Å². The van der Waals surface area contributed by atoms with Gasteiger partial charge in [0.1, 0.15) is 11.6 Å². The molecule has 2 unspecified atom stereocenters. The highest BCUT2D eigenvalue weighted by Crippen LogP contribution is 2.33. The predicted molar refractivity (Wildman–Crippen MR) is 55.3 cm³/mol. The number of hydrogen-bond donors (Lipinski definition) is 2. The largest absolute Gasteiger partial charge is 0.467 e. The number of benzene rings is 1. The van der Waals surface area contributed by atoms with Crippen molar-refractivity contribution in [1.29, 1.82) is 0 Å². The number of fused-ring (bicyclic) bond motifs is 1. The standard InChI is InChI=1S/C11H14FNO3/c1-6(13)11(14)10-7-4-15-5-16-9(7)3-2-8(10)12/h2-3,6,11,14H,4-5,13H2,1H3. The van der Waals surface area contributed by atoms with Crippen LogP contribution in [0.4, 0.5) is 4.39 Å². The number of rotatable bonds is 2. The van der Waals surface area contributed by atoms with Crippen molar-refractivity contribution in [2.45, 2.75) is 25.7 Å². The van der Waals surface area contributed by atoms with E-state index in [1.165, 1.54) is 12.1 Å². The van der Waals surface area contributed by atoms with Gasteiger partial charge in [-0.15, -0.1) is 0 Å². The molecule has 1 aromatic rings. The molecule has 0 amide bonds. The number of ether oxygens (including phenoxy) is 2. The lowest BCUT2D eigenvalue weighted by atomic mass is 9.97. The number of halogens is 1. The van der Waals surface area contributed by atoms with E-state index in [0.717, 1.165) is 0 Å². The number of hydrogen-bond acceptors (Lipinski definition) is 4. The van der Waals surface area contributed by atoms with Crippen LogP contribution < -0.4 is 10.5 Å². The normalized spacial score (nSPS) is 18.5. The highest BCUT2D eigenvalue weighted by molar-refractivity contribution is 5.43. The van der Waals surface area contributed by atoms with E-state index in [4.69, 9.17) is 15.2 Å². The van der Waals surface area contributed by atoms with Crippen LogP contribution in [0.25, 0.3) is 0 Å². The third-order valence-electron chi connectivity index (χ3n) is 2.60. The first-order chi connectivity index (χ1) is 7.61. The van der Waals surface area contributed by atoms with Crippen molar-refractivity contribution in [2.24, 2.45) is 5.73 Å². The van der Waals surface area contributed by atoms with Crippen LogP contribution in [0.1, 0.15) is 24.2 Å². The third-order valence-corrected chi connectivity index (χ3v) is 2.60. The molecule has 88 valence electrons. The van der Waals surface area contributed by atoms with Gasteiger partial charge in [-0.25, -0.2) is 4.39 Å². The minimum absolute atomic E-state index is 0.145. The summed E-state index contributed by atoms with van der Waals surface area (Å²) in [6, 6.07) is 2.25. The summed E-state index contributed by atoms with van der Waals surface area (Å²) in [6.07, 6.45) is -1.06. The fourth-order valence-electron chi connectivity index (χ4n) is 1.73. The van der Waals surface area contributed by atoms with E-state index in [1.807, 2.05) is 0 Å². The average molecular weight is 227 g/mol. The van der Waals surface area contributed by atoms with Crippen molar-refractivity contribution in [3.63, 3.8) is 0 Å². The Hall–Kier alpha value is -1.17. The molecule has 0 fully saturated rings. The Kier molecular flexibility index (Phi) is 3.09. The Morgan fingerprint density at radius 2 is 2.25 bits per heavy atom. The summed E-state index contributed by atoms with van der Waals surface area (Å²) in [5.74, 6) is 0.0556. The molecule has 1 heterocycles. The predicted octanol–water partition coefficient (Wildman–Crippen LogP) is 1.07. The molecule has 2 rings (SSSR count). The van der Waals surface area contributed by atoms with E-state index in [9.17, 15) is 9.50 Å². The van der Waals surface area contributed by atoms with Crippen LogP contribution in [0.15, 0.2) is 12.1 Å². The van der Waals surface area contributed by atoms with E-state index < -0.39 is 18.0 Å². The lowest BCUT2D eigenvalue weighted by molar-refractivity contribution is -0.0186. The van der Waals surface area contributed by atoms with Gasteiger partial charge < -0.3 is 20.3 Å². The summed E-state index contributed by atoms with van der Waals surface area (Å²) in [5.41, 5.74) is 6.28. The van der Waals surface area contributed by atoms with Gasteiger partial charge in [-0.05, 0) is 19.1 Å². The summed E-state index contributed by atoms with van der Waals surface area (Å²) < 4.78 is 24.0. The maximum absolute atomic E-state index is 13.7. The lowest BCUT2D eigenvalue weighted by Gasteiger charge is -2.24. The molecule has 2 atom stereocenters. The zero-order valence-corrected chi connectivity index (χ0v) is 8.94. The second kappa shape index (κ2) is 4.37. The first kappa shape index (κ1) is 11.3. The van der Waals surface area contributed by atoms with E-state index in [1.54, 1.807) is 6.92 Å². The zero-order valence-electron chi connectivity index (χ0n) is 8.94. The summed E-state index contributed by atoms with van der Waals surface area (Å²) >= 11 is 0. The molecule has 0 saturated heterocycles. The quantitative estimate of drug-likeness (QED) is 0.793. The first-order valence-electron chi connectivity index (χ1n) is 5.06. The summed E-state index contributed by atoms with van der Waals surface area (Å²) in [6.45, 7) is 1.99. The molecule has 4 nitrogen and oxygen atoms in total. The maximum atomic E-state index is 13.7. The highest BCUT2D eigenvalue weighted by atomic mass is 19.1. The van der Waals surface area contributed by atoms with Gasteiger partial charge in [0.2, 0.25) is 0 Å². The molecular weight excluding hydrogens is 213 g/mol. The van der Waals surface area contributed by atoms with E-state index in [2.05, 4.69) is 0 Å². The van der Waals surface area contributed by atoms with Gasteiger partial charge >= 0.3 is 0 Å². The van der Waals surface area contributed by atoms with Crippen LogP contribution in [0.2, 0.25) is 0 Å². The smallest absolute Gasteiger partial charge is 0.189 e. The molecule has 5 heteroatoms. The van der Waals surface area contributed by atoms with Crippen molar-refractivity contribution >= 4 is 0 Å². The minimum Gasteiger partial charge on any atom is -0.467 e. The first-order valence-corrected chi connectivity index (χ1v) is 5.06. The number of aliphatic hydroxyl groups excluding tert-OH is 1. The van der Waals surface area contributed by atoms with Gasteiger partial charge in [0.15, 0.2) is 6.79 Å². The minimum atomic E-state index is -1.06. The fourth-order valence-corrected chi connectivity index (χ4v) is 1.73. The monoisotopic (exact) mass is 227 g/mol. The van der Waals surface area contributed by atoms with Gasteiger partial charge in [0.05, 0.1) is 12.7 Å². The Balaban J connectivity index is 2.49. The van der Waals surface area contributed by atoms with Crippen molar-refractivity contribution in [3.8, 4) is 5.75 Å². The molecule has 0 aromatic heterocycles. The van der Waals surface area contributed by atoms with Gasteiger partial charge in [0.25, 0.3) is 0 Å². The van der Waals surface area contributed by atoms with E-state index in [0.29, 0.717) is 11.3 Å². The topological polar surface area (TPSA) is 64.7 Å². The number of aliphatic hydroxyl groups is 1. The molecule has 0 radical (unpaired) electrons. The van der Waals surface area contributed by atoms with E-state index in [-0.39, 0.29) is 19.0 Å². The summed E-state index contributed by atoms with van der Waals surface area (Å²) in [5, 5.41) is 9.86. The van der Waals surface area contributed by atoms with Crippen LogP contribution in [-0.4, -0.2) is 17.9 Å². The van der Waals surface area contributed by atoms with Crippen molar-refractivity contribution < 1.29 is 19.0 Å². The van der Waals surface area contributed by atoms with Gasteiger partial charge in [0, 0.05) is 17.2 Å². The van der Waals surface area contributed by atoms with Crippen molar-refractivity contribution in [3.05, 3.63) is 29.1 Å².